The van der Waals surface area contributed by atoms with E-state index in [1.807, 2.05) is 6.92 Å². The molecule has 0 heterocycles. The normalized spacial score (nSPS) is 10.7. The van der Waals surface area contributed by atoms with Crippen molar-refractivity contribution in [2.75, 3.05) is 32.8 Å². The third kappa shape index (κ3) is 6.31. The first kappa shape index (κ1) is 11.6. The van der Waals surface area contributed by atoms with Crippen LogP contribution in [0.4, 0.5) is 0 Å². The van der Waals surface area contributed by atoms with Gasteiger partial charge in [-0.1, -0.05) is 6.92 Å². The molecule has 0 aliphatic carbocycles. The van der Waals surface area contributed by atoms with E-state index in [2.05, 4.69) is 11.8 Å². The van der Waals surface area contributed by atoms with Crippen molar-refractivity contribution in [2.45, 2.75) is 20.8 Å². The molecule has 0 aromatic rings. The maximum Gasteiger partial charge on any atom is 0.143 e. The molecule has 0 radical (unpaired) electrons. The van der Waals surface area contributed by atoms with Gasteiger partial charge in [0.2, 0.25) is 0 Å². The molecule has 0 atom stereocenters. The van der Waals surface area contributed by atoms with Gasteiger partial charge in [0.05, 0.1) is 13.2 Å². The van der Waals surface area contributed by atoms with Gasteiger partial charge in [0.25, 0.3) is 0 Å². The molecule has 12 heavy (non-hydrogen) atoms. The molecule has 0 saturated heterocycles. The zero-order valence-electron chi connectivity index (χ0n) is 8.30. The fraction of sp³-hybridized carbons (Fsp3) is 0.889. The molecule has 0 aromatic carbocycles. The Morgan fingerprint density at radius 2 is 2.08 bits per heavy atom. The summed E-state index contributed by atoms with van der Waals surface area (Å²) in [7, 11) is 0. The Kier molecular flexibility index (Phi) is 7.00. The average molecular weight is 173 g/mol. The molecule has 0 rings (SSSR count). The molecule has 0 saturated carbocycles. The zero-order valence-corrected chi connectivity index (χ0v) is 8.30. The van der Waals surface area contributed by atoms with Gasteiger partial charge in [0, 0.05) is 13.2 Å². The predicted octanol–water partition coefficient (Wildman–Crippen LogP) is 0.934. The summed E-state index contributed by atoms with van der Waals surface area (Å²) in [5.74, 6) is 0.216. The molecule has 3 heteroatoms. The molecule has 0 amide bonds. The molecule has 72 valence electrons. The Morgan fingerprint density at radius 1 is 1.42 bits per heavy atom. The summed E-state index contributed by atoms with van der Waals surface area (Å²) >= 11 is 0. The second-order valence-corrected chi connectivity index (χ2v) is 2.77. The number of ether oxygens (including phenoxy) is 1. The van der Waals surface area contributed by atoms with Crippen LogP contribution in [0.1, 0.15) is 20.8 Å². The largest absolute Gasteiger partial charge is 0.380 e. The van der Waals surface area contributed by atoms with Crippen LogP contribution in [0, 0.1) is 0 Å². The van der Waals surface area contributed by atoms with Crippen molar-refractivity contribution >= 4 is 5.78 Å². The fourth-order valence-corrected chi connectivity index (χ4v) is 1.00. The SMILES string of the molecule is CCOCCN(CC)CC(C)=O. The highest BCUT2D eigenvalue weighted by atomic mass is 16.5. The van der Waals surface area contributed by atoms with Crippen molar-refractivity contribution < 1.29 is 9.53 Å². The first-order valence-electron chi connectivity index (χ1n) is 4.50. The Hall–Kier alpha value is -0.410. The summed E-state index contributed by atoms with van der Waals surface area (Å²) in [5.41, 5.74) is 0. The van der Waals surface area contributed by atoms with Gasteiger partial charge in [-0.2, -0.15) is 0 Å². The zero-order chi connectivity index (χ0) is 9.40. The van der Waals surface area contributed by atoms with E-state index in [4.69, 9.17) is 4.74 Å². The molecule has 0 unspecified atom stereocenters. The lowest BCUT2D eigenvalue weighted by atomic mass is 10.4. The Morgan fingerprint density at radius 3 is 2.50 bits per heavy atom. The summed E-state index contributed by atoms with van der Waals surface area (Å²) in [6.45, 7) is 9.41. The Balaban J connectivity index is 3.46. The summed E-state index contributed by atoms with van der Waals surface area (Å²) in [6.07, 6.45) is 0. The van der Waals surface area contributed by atoms with Gasteiger partial charge in [-0.15, -0.1) is 0 Å². The average Bonchev–Trinajstić information content (AvgIpc) is 2.02. The van der Waals surface area contributed by atoms with Crippen LogP contribution in [0.5, 0.6) is 0 Å². The molecule has 0 aliphatic heterocycles. The first-order chi connectivity index (χ1) is 5.70. The van der Waals surface area contributed by atoms with E-state index >= 15 is 0 Å². The van der Waals surface area contributed by atoms with Gasteiger partial charge >= 0.3 is 0 Å². The second-order valence-electron chi connectivity index (χ2n) is 2.77. The molecule has 0 bridgehead atoms. The van der Waals surface area contributed by atoms with Gasteiger partial charge in [0.15, 0.2) is 0 Å². The maximum absolute atomic E-state index is 10.8. The highest BCUT2D eigenvalue weighted by Crippen LogP contribution is 1.88. The quantitative estimate of drug-likeness (QED) is 0.536. The number of Topliss-reactive ketones (excluding diaryl/α,β-unsaturated/α-hetero) is 1. The van der Waals surface area contributed by atoms with Crippen LogP contribution < -0.4 is 0 Å². The van der Waals surface area contributed by atoms with Crippen molar-refractivity contribution in [1.29, 1.82) is 0 Å². The van der Waals surface area contributed by atoms with Crippen LogP contribution in [0.3, 0.4) is 0 Å². The standard InChI is InChI=1S/C9H19NO2/c1-4-10(8-9(3)11)6-7-12-5-2/h4-8H2,1-3H3. The molecule has 0 N–H and O–H groups in total. The number of rotatable bonds is 7. The van der Waals surface area contributed by atoms with Gasteiger partial charge in [-0.25, -0.2) is 0 Å². The highest BCUT2D eigenvalue weighted by molar-refractivity contribution is 5.77. The van der Waals surface area contributed by atoms with Crippen molar-refractivity contribution in [1.82, 2.24) is 4.90 Å². The number of hydrogen-bond donors (Lipinski definition) is 0. The molecule has 0 aliphatic rings. The predicted molar refractivity (Wildman–Crippen MR) is 49.3 cm³/mol. The topological polar surface area (TPSA) is 29.5 Å². The number of ketones is 1. The number of nitrogens with zero attached hydrogens (tertiary/aromatic N) is 1. The highest BCUT2D eigenvalue weighted by Gasteiger charge is 2.03. The van der Waals surface area contributed by atoms with Crippen LogP contribution >= 0.6 is 0 Å². The van der Waals surface area contributed by atoms with Crippen molar-refractivity contribution in [2.24, 2.45) is 0 Å². The molecule has 0 fully saturated rings. The number of carbonyl (C=O) groups excluding carboxylic acids is 1. The van der Waals surface area contributed by atoms with E-state index in [0.29, 0.717) is 6.54 Å². The summed E-state index contributed by atoms with van der Waals surface area (Å²) < 4.78 is 5.19. The van der Waals surface area contributed by atoms with E-state index in [1.54, 1.807) is 6.92 Å². The van der Waals surface area contributed by atoms with Crippen molar-refractivity contribution in [3.05, 3.63) is 0 Å². The van der Waals surface area contributed by atoms with E-state index in [1.165, 1.54) is 0 Å². The maximum atomic E-state index is 10.8. The molecule has 3 nitrogen and oxygen atoms in total. The minimum Gasteiger partial charge on any atom is -0.380 e. The number of likely N-dealkylation sites (N-methyl/N-ethyl adjacent to an activating group) is 1. The third-order valence-corrected chi connectivity index (χ3v) is 1.65. The van der Waals surface area contributed by atoms with Crippen LogP contribution in [-0.2, 0) is 9.53 Å². The molecular formula is C9H19NO2. The third-order valence-electron chi connectivity index (χ3n) is 1.65. The van der Waals surface area contributed by atoms with Gasteiger partial charge < -0.3 is 4.74 Å². The Labute approximate surface area is 74.7 Å². The Bertz CT molecular complexity index is 126. The van der Waals surface area contributed by atoms with E-state index in [9.17, 15) is 4.79 Å². The minimum absolute atomic E-state index is 0.216. The fourth-order valence-electron chi connectivity index (χ4n) is 1.00. The minimum atomic E-state index is 0.216. The lowest BCUT2D eigenvalue weighted by molar-refractivity contribution is -0.118. The smallest absolute Gasteiger partial charge is 0.143 e. The van der Waals surface area contributed by atoms with Crippen molar-refractivity contribution in [3.63, 3.8) is 0 Å². The van der Waals surface area contributed by atoms with Crippen LogP contribution in [0.15, 0.2) is 0 Å². The number of carbonyl (C=O) groups is 1. The monoisotopic (exact) mass is 173 g/mol. The molecular weight excluding hydrogens is 154 g/mol. The first-order valence-corrected chi connectivity index (χ1v) is 4.50. The lowest BCUT2D eigenvalue weighted by Crippen LogP contribution is -2.31. The van der Waals surface area contributed by atoms with E-state index in [-0.39, 0.29) is 5.78 Å². The van der Waals surface area contributed by atoms with Gasteiger partial charge in [-0.05, 0) is 20.4 Å². The summed E-state index contributed by atoms with van der Waals surface area (Å²) in [5, 5.41) is 0. The summed E-state index contributed by atoms with van der Waals surface area (Å²) in [6, 6.07) is 0. The van der Waals surface area contributed by atoms with E-state index in [0.717, 1.165) is 26.3 Å². The molecule has 0 spiro atoms. The van der Waals surface area contributed by atoms with Crippen LogP contribution in [0.2, 0.25) is 0 Å². The van der Waals surface area contributed by atoms with Crippen LogP contribution in [-0.4, -0.2) is 43.5 Å². The van der Waals surface area contributed by atoms with Gasteiger partial charge in [0.1, 0.15) is 5.78 Å². The van der Waals surface area contributed by atoms with Crippen molar-refractivity contribution in [3.8, 4) is 0 Å². The van der Waals surface area contributed by atoms with E-state index < -0.39 is 0 Å². The lowest BCUT2D eigenvalue weighted by Gasteiger charge is -2.17. The number of hydrogen-bond acceptors (Lipinski definition) is 3. The van der Waals surface area contributed by atoms with Gasteiger partial charge in [-0.3, -0.25) is 9.69 Å². The van der Waals surface area contributed by atoms with Crippen LogP contribution in [0.25, 0.3) is 0 Å². The molecule has 0 aromatic heterocycles. The second kappa shape index (κ2) is 7.25. The summed E-state index contributed by atoms with van der Waals surface area (Å²) in [4.78, 5) is 12.8.